The van der Waals surface area contributed by atoms with Crippen LogP contribution in [-0.2, 0) is 25.5 Å². The van der Waals surface area contributed by atoms with Gasteiger partial charge in [0.15, 0.2) is 0 Å². The Kier molecular flexibility index (Phi) is 12.1. The topological polar surface area (TPSA) is 138 Å². The van der Waals surface area contributed by atoms with E-state index in [4.69, 9.17) is 9.72 Å². The van der Waals surface area contributed by atoms with E-state index < -0.39 is 10.9 Å². The number of rotatable bonds is 15. The van der Waals surface area contributed by atoms with Gasteiger partial charge < -0.3 is 19.9 Å². The fourth-order valence-corrected chi connectivity index (χ4v) is 4.69. The fourth-order valence-electron chi connectivity index (χ4n) is 4.29. The maximum absolute atomic E-state index is 12.4. The van der Waals surface area contributed by atoms with E-state index in [9.17, 15) is 24.5 Å². The Bertz CT molecular complexity index is 1160. The summed E-state index contributed by atoms with van der Waals surface area (Å²) in [5.74, 6) is 1.16. The summed E-state index contributed by atoms with van der Waals surface area (Å²) in [7, 11) is 0. The Morgan fingerprint density at radius 2 is 1.92 bits per heavy atom. The molecule has 39 heavy (non-hydrogen) atoms. The van der Waals surface area contributed by atoms with Crippen LogP contribution < -0.4 is 10.2 Å². The fraction of sp³-hybridized carbons (Fsp3) is 0.520. The SMILES string of the molecule is O=CN1CCN(c2nc3ccc([N+](=O)[O-])cc3cc2CCCOC(=O)CN(CCS)CC(=O)NCCS)CC1. The molecule has 0 spiro atoms. The predicted molar refractivity (Wildman–Crippen MR) is 155 cm³/mol. The van der Waals surface area contributed by atoms with Crippen LogP contribution in [0.25, 0.3) is 10.9 Å². The minimum absolute atomic E-state index is 0.0124. The van der Waals surface area contributed by atoms with Crippen molar-refractivity contribution in [2.75, 3.05) is 75.4 Å². The van der Waals surface area contributed by atoms with Crippen molar-refractivity contribution in [2.24, 2.45) is 0 Å². The molecule has 2 amide bonds. The van der Waals surface area contributed by atoms with Gasteiger partial charge in [0.2, 0.25) is 12.3 Å². The number of piperazine rings is 1. The molecule has 0 aliphatic carbocycles. The van der Waals surface area contributed by atoms with Gasteiger partial charge in [-0.1, -0.05) is 0 Å². The van der Waals surface area contributed by atoms with Crippen molar-refractivity contribution in [3.8, 4) is 0 Å². The van der Waals surface area contributed by atoms with Crippen molar-refractivity contribution in [1.82, 2.24) is 20.1 Å². The average Bonchev–Trinajstić information content (AvgIpc) is 2.93. The summed E-state index contributed by atoms with van der Waals surface area (Å²) in [6.45, 7) is 3.52. The molecule has 0 atom stereocenters. The number of benzene rings is 1. The van der Waals surface area contributed by atoms with Crippen LogP contribution in [0.5, 0.6) is 0 Å². The minimum atomic E-state index is -0.438. The van der Waals surface area contributed by atoms with Gasteiger partial charge in [0, 0.05) is 68.3 Å². The molecular formula is C25H34N6O6S2. The zero-order chi connectivity index (χ0) is 28.2. The van der Waals surface area contributed by atoms with Gasteiger partial charge in [-0.2, -0.15) is 25.3 Å². The number of fused-ring (bicyclic) bond motifs is 1. The highest BCUT2D eigenvalue weighted by Crippen LogP contribution is 2.28. The number of thiol groups is 2. The zero-order valence-electron chi connectivity index (χ0n) is 21.7. The molecule has 0 unspecified atom stereocenters. The molecule has 2 heterocycles. The maximum Gasteiger partial charge on any atom is 0.320 e. The molecule has 2 aromatic rings. The van der Waals surface area contributed by atoms with Crippen LogP contribution in [0.15, 0.2) is 24.3 Å². The molecule has 1 saturated heterocycles. The highest BCUT2D eigenvalue weighted by molar-refractivity contribution is 7.80. The number of carbonyl (C=O) groups is 3. The molecule has 0 saturated carbocycles. The summed E-state index contributed by atoms with van der Waals surface area (Å²) >= 11 is 8.27. The summed E-state index contributed by atoms with van der Waals surface area (Å²) in [5.41, 5.74) is 1.52. The number of nitro groups is 1. The van der Waals surface area contributed by atoms with E-state index in [0.717, 1.165) is 17.8 Å². The number of hydrogen-bond donors (Lipinski definition) is 3. The lowest BCUT2D eigenvalue weighted by Gasteiger charge is -2.34. The first kappa shape index (κ1) is 30.4. The molecule has 1 aliphatic heterocycles. The van der Waals surface area contributed by atoms with Crippen molar-refractivity contribution in [2.45, 2.75) is 12.8 Å². The Balaban J connectivity index is 1.64. The third-order valence-electron chi connectivity index (χ3n) is 6.25. The van der Waals surface area contributed by atoms with E-state index >= 15 is 0 Å². The lowest BCUT2D eigenvalue weighted by molar-refractivity contribution is -0.384. The third-order valence-corrected chi connectivity index (χ3v) is 6.68. The zero-order valence-corrected chi connectivity index (χ0v) is 23.4. The molecular weight excluding hydrogens is 544 g/mol. The number of carbonyl (C=O) groups excluding carboxylic acids is 3. The molecule has 1 aromatic carbocycles. The summed E-state index contributed by atoms with van der Waals surface area (Å²) in [6.07, 6.45) is 1.89. The normalized spacial score (nSPS) is 13.5. The molecule has 212 valence electrons. The molecule has 1 aromatic heterocycles. The number of anilines is 1. The van der Waals surface area contributed by atoms with Crippen molar-refractivity contribution in [3.63, 3.8) is 0 Å². The van der Waals surface area contributed by atoms with E-state index in [1.807, 2.05) is 6.07 Å². The van der Waals surface area contributed by atoms with Crippen molar-refractivity contribution in [3.05, 3.63) is 39.9 Å². The van der Waals surface area contributed by atoms with Crippen LogP contribution in [0.1, 0.15) is 12.0 Å². The number of hydrogen-bond acceptors (Lipinski definition) is 11. The summed E-state index contributed by atoms with van der Waals surface area (Å²) in [5, 5.41) is 14.6. The number of nitrogens with zero attached hydrogens (tertiary/aromatic N) is 5. The molecule has 0 radical (unpaired) electrons. The van der Waals surface area contributed by atoms with E-state index in [1.165, 1.54) is 12.1 Å². The Morgan fingerprint density at radius 1 is 1.15 bits per heavy atom. The van der Waals surface area contributed by atoms with Crippen LogP contribution in [-0.4, -0.2) is 108 Å². The van der Waals surface area contributed by atoms with Crippen molar-refractivity contribution in [1.29, 1.82) is 0 Å². The molecule has 12 nitrogen and oxygen atoms in total. The lowest BCUT2D eigenvalue weighted by atomic mass is 10.1. The number of ether oxygens (including phenoxy) is 1. The summed E-state index contributed by atoms with van der Waals surface area (Å²) < 4.78 is 5.44. The van der Waals surface area contributed by atoms with Crippen LogP contribution >= 0.6 is 25.3 Å². The first-order chi connectivity index (χ1) is 18.8. The molecule has 1 N–H and O–H groups in total. The monoisotopic (exact) mass is 578 g/mol. The first-order valence-electron chi connectivity index (χ1n) is 12.7. The molecule has 3 rings (SSSR count). The first-order valence-corrected chi connectivity index (χ1v) is 14.0. The number of aromatic nitrogens is 1. The second kappa shape index (κ2) is 15.5. The Morgan fingerprint density at radius 3 is 2.59 bits per heavy atom. The quantitative estimate of drug-likeness (QED) is 0.0710. The smallest absolute Gasteiger partial charge is 0.320 e. The number of pyridine rings is 1. The van der Waals surface area contributed by atoms with Gasteiger partial charge in [0.25, 0.3) is 5.69 Å². The van der Waals surface area contributed by atoms with Crippen LogP contribution in [0.3, 0.4) is 0 Å². The number of aryl methyl sites for hydroxylation is 1. The number of nitrogens with one attached hydrogen (secondary N) is 1. The lowest BCUT2D eigenvalue weighted by Crippen LogP contribution is -2.46. The number of nitro benzene ring substituents is 1. The minimum Gasteiger partial charge on any atom is -0.465 e. The average molecular weight is 579 g/mol. The number of esters is 1. The van der Waals surface area contributed by atoms with Gasteiger partial charge in [-0.05, 0) is 30.5 Å². The summed E-state index contributed by atoms with van der Waals surface area (Å²) in [6, 6.07) is 6.47. The van der Waals surface area contributed by atoms with E-state index in [1.54, 1.807) is 15.9 Å². The van der Waals surface area contributed by atoms with Crippen molar-refractivity contribution >= 4 is 66.0 Å². The molecule has 1 aliphatic rings. The third kappa shape index (κ3) is 9.25. The largest absolute Gasteiger partial charge is 0.465 e. The van der Waals surface area contributed by atoms with Gasteiger partial charge in [-0.25, -0.2) is 4.98 Å². The van der Waals surface area contributed by atoms with E-state index in [0.29, 0.717) is 74.5 Å². The van der Waals surface area contributed by atoms with Gasteiger partial charge in [-0.3, -0.25) is 29.4 Å². The number of non-ortho nitro benzene ring substituents is 1. The second-order valence-electron chi connectivity index (χ2n) is 9.07. The highest BCUT2D eigenvalue weighted by Gasteiger charge is 2.21. The van der Waals surface area contributed by atoms with Gasteiger partial charge in [0.1, 0.15) is 5.82 Å². The van der Waals surface area contributed by atoms with Gasteiger partial charge in [-0.15, -0.1) is 0 Å². The highest BCUT2D eigenvalue weighted by atomic mass is 32.1. The Hall–Kier alpha value is -3.10. The van der Waals surface area contributed by atoms with Crippen LogP contribution in [0, 0.1) is 10.1 Å². The maximum atomic E-state index is 12.4. The van der Waals surface area contributed by atoms with Crippen molar-refractivity contribution < 1.29 is 24.0 Å². The van der Waals surface area contributed by atoms with Gasteiger partial charge >= 0.3 is 5.97 Å². The second-order valence-corrected chi connectivity index (χ2v) is 9.96. The van der Waals surface area contributed by atoms with Crippen LogP contribution in [0.4, 0.5) is 11.5 Å². The standard InChI is InChI=1S/C25H34N6O6S2/c32-18-28-6-8-30(9-7-28)25-19(14-20-15-21(31(35)36)3-4-22(20)27-25)2-1-11-37-24(34)17-29(10-13-39)16-23(33)26-5-12-38/h3-4,14-15,18,38-39H,1-2,5-13,16-17H2,(H,26,33). The van der Waals surface area contributed by atoms with E-state index in [2.05, 4.69) is 35.5 Å². The predicted octanol–water partition coefficient (Wildman–Crippen LogP) is 1.17. The van der Waals surface area contributed by atoms with Crippen LogP contribution in [0.2, 0.25) is 0 Å². The molecule has 0 bridgehead atoms. The Labute approximate surface area is 238 Å². The number of amides is 2. The molecule has 1 fully saturated rings. The van der Waals surface area contributed by atoms with Gasteiger partial charge in [0.05, 0.1) is 30.1 Å². The molecule has 14 heteroatoms. The van der Waals surface area contributed by atoms with E-state index in [-0.39, 0.29) is 31.3 Å². The summed E-state index contributed by atoms with van der Waals surface area (Å²) in [4.78, 5) is 56.7.